The number of rotatable bonds is 7. The summed E-state index contributed by atoms with van der Waals surface area (Å²) in [5.74, 6) is -0.533. The van der Waals surface area contributed by atoms with Crippen molar-refractivity contribution >= 4 is 45.9 Å². The summed E-state index contributed by atoms with van der Waals surface area (Å²) in [6.45, 7) is 3.76. The van der Waals surface area contributed by atoms with E-state index in [0.29, 0.717) is 21.6 Å². The van der Waals surface area contributed by atoms with E-state index in [1.807, 2.05) is 19.1 Å². The second kappa shape index (κ2) is 10.8. The van der Waals surface area contributed by atoms with Gasteiger partial charge in [0, 0.05) is 17.0 Å². The number of hydrogen-bond acceptors (Lipinski definition) is 5. The van der Waals surface area contributed by atoms with Gasteiger partial charge in [-0.2, -0.15) is 0 Å². The molecule has 0 saturated heterocycles. The zero-order valence-electron chi connectivity index (χ0n) is 15.0. The predicted octanol–water partition coefficient (Wildman–Crippen LogP) is 3.84. The van der Waals surface area contributed by atoms with Gasteiger partial charge in [-0.05, 0) is 47.0 Å². The Morgan fingerprint density at radius 1 is 1.37 bits per heavy atom. The first-order valence-corrected chi connectivity index (χ1v) is 9.42. The van der Waals surface area contributed by atoms with E-state index in [1.54, 1.807) is 19.1 Å². The Labute approximate surface area is 177 Å². The third kappa shape index (κ3) is 6.31. The summed E-state index contributed by atoms with van der Waals surface area (Å²) in [4.78, 5) is 28.4. The molecule has 148 valence electrons. The van der Waals surface area contributed by atoms with Gasteiger partial charge in [-0.3, -0.25) is 14.2 Å². The fourth-order valence-electron chi connectivity index (χ4n) is 2.62. The highest BCUT2D eigenvalue weighted by Gasteiger charge is 2.19. The van der Waals surface area contributed by atoms with E-state index in [-0.39, 0.29) is 43.1 Å². The number of nitrogens with two attached hydrogens (primary N) is 1. The molecule has 2 atom stereocenters. The second-order valence-corrected chi connectivity index (χ2v) is 7.21. The molecule has 6 nitrogen and oxygen atoms in total. The largest absolute Gasteiger partial charge is 0.465 e. The topological polar surface area (TPSA) is 87.2 Å². The van der Waals surface area contributed by atoms with Crippen molar-refractivity contribution in [3.05, 3.63) is 61.7 Å². The van der Waals surface area contributed by atoms with Crippen molar-refractivity contribution in [2.75, 3.05) is 6.61 Å². The number of aromatic nitrogens is 2. The van der Waals surface area contributed by atoms with Crippen LogP contribution in [0.25, 0.3) is 0 Å². The van der Waals surface area contributed by atoms with E-state index in [0.717, 1.165) is 5.56 Å². The highest BCUT2D eigenvalue weighted by molar-refractivity contribution is 9.10. The van der Waals surface area contributed by atoms with Crippen molar-refractivity contribution < 1.29 is 9.53 Å². The molecule has 1 aromatic heterocycles. The molecule has 0 amide bonds. The molecule has 1 heterocycles. The van der Waals surface area contributed by atoms with Crippen LogP contribution < -0.4 is 11.3 Å². The number of esters is 1. The maximum Gasteiger partial charge on any atom is 0.326 e. The lowest BCUT2D eigenvalue weighted by Gasteiger charge is -2.19. The van der Waals surface area contributed by atoms with Crippen molar-refractivity contribution in [3.8, 4) is 0 Å². The lowest BCUT2D eigenvalue weighted by molar-refractivity contribution is -0.143. The maximum atomic E-state index is 12.4. The zero-order valence-corrected chi connectivity index (χ0v) is 18.2. The number of ether oxygens (including phenoxy) is 1. The molecule has 2 aromatic rings. The summed E-state index contributed by atoms with van der Waals surface area (Å²) in [7, 11) is 0. The molecule has 0 bridgehead atoms. The van der Waals surface area contributed by atoms with Crippen LogP contribution in [-0.2, 0) is 16.1 Å². The van der Waals surface area contributed by atoms with E-state index >= 15 is 0 Å². The minimum atomic E-state index is -0.478. The summed E-state index contributed by atoms with van der Waals surface area (Å²) in [5, 5.41) is 0.656. The predicted molar refractivity (Wildman–Crippen MR) is 111 cm³/mol. The van der Waals surface area contributed by atoms with Gasteiger partial charge in [0.1, 0.15) is 11.0 Å². The van der Waals surface area contributed by atoms with Gasteiger partial charge in [0.15, 0.2) is 0 Å². The van der Waals surface area contributed by atoms with Crippen LogP contribution in [0.2, 0.25) is 5.02 Å². The molecule has 0 aliphatic heterocycles. The molecule has 0 radical (unpaired) electrons. The number of carbonyl (C=O) groups excluding carboxylic acids is 1. The Balaban J connectivity index is 0.00000364. The number of nitrogens with zero attached hydrogens (tertiary/aromatic N) is 2. The Morgan fingerprint density at radius 3 is 2.59 bits per heavy atom. The van der Waals surface area contributed by atoms with Gasteiger partial charge in [-0.15, -0.1) is 12.4 Å². The van der Waals surface area contributed by atoms with Crippen LogP contribution in [0.15, 0.2) is 39.9 Å². The summed E-state index contributed by atoms with van der Waals surface area (Å²) in [6.07, 6.45) is 1.97. The monoisotopic (exact) mass is 477 g/mol. The van der Waals surface area contributed by atoms with Crippen LogP contribution in [0, 0.1) is 0 Å². The van der Waals surface area contributed by atoms with E-state index in [1.165, 1.54) is 10.9 Å². The fraction of sp³-hybridized carbons (Fsp3) is 0.389. The molecule has 2 rings (SSSR count). The summed E-state index contributed by atoms with van der Waals surface area (Å²) < 4.78 is 6.41. The molecule has 0 aliphatic rings. The van der Waals surface area contributed by atoms with Crippen molar-refractivity contribution in [2.45, 2.75) is 38.8 Å². The molecular formula is C18H22BrCl2N3O3. The Morgan fingerprint density at radius 2 is 2.00 bits per heavy atom. The second-order valence-electron chi connectivity index (χ2n) is 5.98. The van der Waals surface area contributed by atoms with Crippen LogP contribution in [0.1, 0.15) is 43.5 Å². The van der Waals surface area contributed by atoms with Crippen LogP contribution in [0.4, 0.5) is 0 Å². The average molecular weight is 479 g/mol. The minimum absolute atomic E-state index is 0. The Kier molecular flexibility index (Phi) is 9.45. The number of hydrogen-bond donors (Lipinski definition) is 1. The Bertz CT molecular complexity index is 828. The van der Waals surface area contributed by atoms with Gasteiger partial charge in [0.25, 0.3) is 5.56 Å². The molecule has 1 aromatic carbocycles. The van der Waals surface area contributed by atoms with Crippen molar-refractivity contribution in [2.24, 2.45) is 5.73 Å². The number of carbonyl (C=O) groups is 1. The van der Waals surface area contributed by atoms with Crippen LogP contribution in [0.5, 0.6) is 0 Å². The average Bonchev–Trinajstić information content (AvgIpc) is 2.59. The molecule has 0 spiro atoms. The minimum Gasteiger partial charge on any atom is -0.465 e. The van der Waals surface area contributed by atoms with Gasteiger partial charge in [-0.1, -0.05) is 30.7 Å². The number of benzene rings is 1. The molecule has 2 N–H and O–H groups in total. The first-order chi connectivity index (χ1) is 12.3. The zero-order chi connectivity index (χ0) is 19.3. The van der Waals surface area contributed by atoms with Crippen LogP contribution >= 0.6 is 39.9 Å². The van der Waals surface area contributed by atoms with Gasteiger partial charge in [0.2, 0.25) is 0 Å². The van der Waals surface area contributed by atoms with Crippen molar-refractivity contribution in [1.82, 2.24) is 9.55 Å². The first-order valence-electron chi connectivity index (χ1n) is 8.25. The third-order valence-electron chi connectivity index (χ3n) is 3.99. The number of halogens is 3. The van der Waals surface area contributed by atoms with Crippen LogP contribution in [0.3, 0.4) is 0 Å². The Hall–Kier alpha value is -1.41. The standard InChI is InChI=1S/C18H21BrClN3O3.ClH/c1-3-26-15(24)9-23-10-22-17(16(19)18(23)25)11(2)8-14(21)12-4-6-13(20)7-5-12;/h4-7,10-11,14H,3,8-9,21H2,1-2H3;1H/t11-,14-;/m0./s1. The van der Waals surface area contributed by atoms with Gasteiger partial charge in [-0.25, -0.2) is 4.98 Å². The normalized spacial score (nSPS) is 12.8. The highest BCUT2D eigenvalue weighted by atomic mass is 79.9. The molecule has 0 fully saturated rings. The quantitative estimate of drug-likeness (QED) is 0.611. The molecule has 0 aliphatic carbocycles. The highest BCUT2D eigenvalue weighted by Crippen LogP contribution is 2.28. The van der Waals surface area contributed by atoms with E-state index in [4.69, 9.17) is 22.1 Å². The SMILES string of the molecule is CCOC(=O)Cn1cnc([C@@H](C)C[C@H](N)c2ccc(Cl)cc2)c(Br)c1=O.Cl. The van der Waals surface area contributed by atoms with E-state index in [9.17, 15) is 9.59 Å². The molecule has 27 heavy (non-hydrogen) atoms. The lowest BCUT2D eigenvalue weighted by Crippen LogP contribution is -2.28. The third-order valence-corrected chi connectivity index (χ3v) is 4.98. The molecular weight excluding hydrogens is 457 g/mol. The first kappa shape index (κ1) is 23.6. The molecule has 0 unspecified atom stereocenters. The van der Waals surface area contributed by atoms with Gasteiger partial charge in [0.05, 0.1) is 18.6 Å². The smallest absolute Gasteiger partial charge is 0.326 e. The summed E-state index contributed by atoms with van der Waals surface area (Å²) in [5.41, 5.74) is 7.52. The van der Waals surface area contributed by atoms with E-state index in [2.05, 4.69) is 20.9 Å². The van der Waals surface area contributed by atoms with E-state index < -0.39 is 5.97 Å². The maximum absolute atomic E-state index is 12.4. The van der Waals surface area contributed by atoms with Crippen molar-refractivity contribution in [3.63, 3.8) is 0 Å². The summed E-state index contributed by atoms with van der Waals surface area (Å²) in [6, 6.07) is 7.16. The molecule has 0 saturated carbocycles. The summed E-state index contributed by atoms with van der Waals surface area (Å²) >= 11 is 9.21. The van der Waals surface area contributed by atoms with Gasteiger partial charge >= 0.3 is 5.97 Å². The van der Waals surface area contributed by atoms with Gasteiger partial charge < -0.3 is 10.5 Å². The molecule has 9 heteroatoms. The van der Waals surface area contributed by atoms with Crippen LogP contribution in [-0.4, -0.2) is 22.1 Å². The lowest BCUT2D eigenvalue weighted by atomic mass is 9.94. The fourth-order valence-corrected chi connectivity index (χ4v) is 3.46. The van der Waals surface area contributed by atoms with Crippen molar-refractivity contribution in [1.29, 1.82) is 0 Å².